The number of likely N-dealkylation sites (tertiary alicyclic amines) is 1. The predicted octanol–water partition coefficient (Wildman–Crippen LogP) is 1.33. The van der Waals surface area contributed by atoms with E-state index in [1.54, 1.807) is 37.2 Å². The van der Waals surface area contributed by atoms with Crippen molar-refractivity contribution in [1.29, 1.82) is 0 Å². The fourth-order valence-corrected chi connectivity index (χ4v) is 7.79. The van der Waals surface area contributed by atoms with Crippen molar-refractivity contribution in [1.82, 2.24) is 14.8 Å². The van der Waals surface area contributed by atoms with E-state index < -0.39 is 45.6 Å². The number of aliphatic carboxylic acids is 2. The van der Waals surface area contributed by atoms with Crippen molar-refractivity contribution in [3.8, 4) is 23.1 Å². The first-order chi connectivity index (χ1) is 24.6. The minimum absolute atomic E-state index is 0.00692. The number of aliphatic hydroxyl groups is 1. The van der Waals surface area contributed by atoms with Crippen LogP contribution in [-0.4, -0.2) is 123 Å². The third kappa shape index (κ3) is 7.07. The Morgan fingerprint density at radius 3 is 2.08 bits per heavy atom. The maximum Gasteiger partial charge on any atom is 0.328 e. The molecule has 0 aliphatic carbocycles. The number of carboxylic acid groups (broad SMARTS) is 2. The van der Waals surface area contributed by atoms with Crippen LogP contribution in [0.1, 0.15) is 17.5 Å². The molecule has 1 aromatic heterocycles. The van der Waals surface area contributed by atoms with Gasteiger partial charge in [-0.15, -0.1) is 0 Å². The smallest absolute Gasteiger partial charge is 0.328 e. The Morgan fingerprint density at radius 2 is 1.52 bits per heavy atom. The lowest BCUT2D eigenvalue weighted by Gasteiger charge is -2.41. The van der Waals surface area contributed by atoms with Crippen LogP contribution in [0.5, 0.6) is 23.1 Å². The van der Waals surface area contributed by atoms with Crippen molar-refractivity contribution in [2.45, 2.75) is 29.0 Å². The number of anilines is 1. The van der Waals surface area contributed by atoms with Crippen molar-refractivity contribution in [2.24, 2.45) is 0 Å². The molecule has 5 rings (SSSR count). The van der Waals surface area contributed by atoms with Crippen molar-refractivity contribution >= 4 is 39.5 Å². The van der Waals surface area contributed by atoms with Crippen LogP contribution in [0.25, 0.3) is 0 Å². The van der Waals surface area contributed by atoms with Crippen molar-refractivity contribution in [2.75, 3.05) is 53.4 Å². The molecular weight excluding hydrogens is 704 g/mol. The lowest BCUT2D eigenvalue weighted by atomic mass is 9.81. The van der Waals surface area contributed by atoms with Crippen LogP contribution in [-0.2, 0) is 34.7 Å². The summed E-state index contributed by atoms with van der Waals surface area (Å²) in [7, 11) is 4.04. The number of carboxylic acids is 2. The number of fused-ring (bicyclic) bond motifs is 1. The zero-order chi connectivity index (χ0) is 38.5. The number of likely N-dealkylation sites (N-methyl/N-ethyl adjacent to an activating group) is 1. The topological polar surface area (TPSA) is 223 Å². The Hall–Kier alpha value is -5.72. The van der Waals surface area contributed by atoms with Gasteiger partial charge in [0, 0.05) is 56.2 Å². The van der Waals surface area contributed by atoms with Gasteiger partial charge in [-0.1, -0.05) is 0 Å². The molecule has 0 radical (unpaired) electrons. The summed E-state index contributed by atoms with van der Waals surface area (Å²) in [4.78, 5) is 54.9. The monoisotopic (exact) mass is 742 g/mol. The maximum atomic E-state index is 15.2. The molecule has 1 fully saturated rings. The van der Waals surface area contributed by atoms with E-state index in [-0.39, 0.29) is 52.2 Å². The average Bonchev–Trinajstić information content (AvgIpc) is 3.64. The van der Waals surface area contributed by atoms with E-state index in [1.807, 2.05) is 0 Å². The van der Waals surface area contributed by atoms with Crippen molar-refractivity contribution < 1.29 is 61.9 Å². The Balaban J connectivity index is 0.000000677. The fourth-order valence-electron chi connectivity index (χ4n) is 6.19. The summed E-state index contributed by atoms with van der Waals surface area (Å²) < 4.78 is 51.7. The predicted molar refractivity (Wildman–Crippen MR) is 183 cm³/mol. The summed E-state index contributed by atoms with van der Waals surface area (Å²) in [6, 6.07) is 10.9. The number of aliphatic hydroxyl groups excluding tert-OH is 1. The molecular formula is C34H38N4O13S. The third-order valence-electron chi connectivity index (χ3n) is 8.35. The number of benzene rings is 2. The molecule has 1 saturated heterocycles. The van der Waals surface area contributed by atoms with E-state index in [0.29, 0.717) is 28.0 Å². The number of rotatable bonds is 11. The summed E-state index contributed by atoms with van der Waals surface area (Å²) >= 11 is 0. The highest BCUT2D eigenvalue weighted by Crippen LogP contribution is 2.55. The minimum Gasteiger partial charge on any atom is -0.497 e. The van der Waals surface area contributed by atoms with Gasteiger partial charge in [-0.05, 0) is 48.9 Å². The number of aromatic nitrogens is 1. The maximum absolute atomic E-state index is 15.2. The number of β-amino-alcohol motifs (C(OH)–C–C–N with tert-alkyl or cyclic N) is 1. The third-order valence-corrected chi connectivity index (χ3v) is 10.1. The van der Waals surface area contributed by atoms with Gasteiger partial charge in [0.05, 0.1) is 46.3 Å². The Labute approximate surface area is 299 Å². The number of carbonyl (C=O) groups excluding carboxylic acids is 2. The van der Waals surface area contributed by atoms with Crippen LogP contribution in [0.2, 0.25) is 0 Å². The standard InChI is InChI=1S/C30H34N4O9S.C4H4O4/c1-32(2)28(36)24-14-18(35)17-33(24)30(21-8-7-13-31-27(21)43-6)22-15-19(40-3)9-11-23(22)34(29(30)37)44(38,39)26-12-10-20(41-4)16-25(26)42-5;5-3(6)1-2-4(7)8/h7-13,15-16,18,24,35H,14,17H2,1-6H3;1-2H,(H,5,6)(H,7,8)/b;2-1+/t18-,24+,30?;/m1./s1. The summed E-state index contributed by atoms with van der Waals surface area (Å²) in [5.74, 6) is -3.13. The molecule has 2 aliphatic rings. The van der Waals surface area contributed by atoms with E-state index in [9.17, 15) is 27.9 Å². The van der Waals surface area contributed by atoms with Gasteiger partial charge < -0.3 is 39.2 Å². The lowest BCUT2D eigenvalue weighted by Crippen LogP contribution is -2.59. The molecule has 2 amide bonds. The quantitative estimate of drug-likeness (QED) is 0.236. The average molecular weight is 743 g/mol. The Bertz CT molecular complexity index is 1990. The highest BCUT2D eigenvalue weighted by Gasteiger charge is 2.64. The molecule has 0 bridgehead atoms. The molecule has 1 unspecified atom stereocenters. The van der Waals surface area contributed by atoms with Gasteiger partial charge in [-0.25, -0.2) is 27.3 Å². The van der Waals surface area contributed by atoms with Gasteiger partial charge >= 0.3 is 11.9 Å². The second-order valence-corrected chi connectivity index (χ2v) is 13.3. The van der Waals surface area contributed by atoms with Crippen LogP contribution in [0, 0.1) is 0 Å². The molecule has 278 valence electrons. The molecule has 0 saturated carbocycles. The number of pyridine rings is 1. The van der Waals surface area contributed by atoms with Gasteiger partial charge in [-0.2, -0.15) is 0 Å². The first kappa shape index (κ1) is 39.1. The highest BCUT2D eigenvalue weighted by atomic mass is 32.2. The van der Waals surface area contributed by atoms with Crippen molar-refractivity contribution in [3.05, 3.63) is 78.0 Å². The molecule has 3 aromatic rings. The number of carbonyl (C=O) groups is 4. The second-order valence-electron chi connectivity index (χ2n) is 11.5. The zero-order valence-corrected chi connectivity index (χ0v) is 29.9. The van der Waals surface area contributed by atoms with Crippen LogP contribution in [0.15, 0.2) is 71.8 Å². The van der Waals surface area contributed by atoms with E-state index in [1.165, 1.54) is 69.9 Å². The molecule has 3 N–H and O–H groups in total. The fraction of sp³-hybridized carbons (Fsp3) is 0.324. The Morgan fingerprint density at radius 1 is 0.904 bits per heavy atom. The van der Waals surface area contributed by atoms with Gasteiger partial charge in [0.15, 0.2) is 5.54 Å². The number of sulfonamides is 1. The van der Waals surface area contributed by atoms with Gasteiger partial charge in [0.25, 0.3) is 15.9 Å². The van der Waals surface area contributed by atoms with Crippen LogP contribution in [0.4, 0.5) is 5.69 Å². The van der Waals surface area contributed by atoms with E-state index in [4.69, 9.17) is 29.2 Å². The second kappa shape index (κ2) is 15.7. The summed E-state index contributed by atoms with van der Waals surface area (Å²) in [6.45, 7) is -0.134. The lowest BCUT2D eigenvalue weighted by molar-refractivity contribution is -0.138. The SMILES string of the molecule is COc1ccc(S(=O)(=O)N2C(=O)C(c3cccnc3OC)(N3C[C@H](O)C[C@H]3C(=O)N(C)C)c3cc(OC)ccc32)c(OC)c1.O=C(O)/C=C/C(=O)O. The number of nitrogens with zero attached hydrogens (tertiary/aromatic N) is 4. The zero-order valence-electron chi connectivity index (χ0n) is 29.0. The van der Waals surface area contributed by atoms with E-state index in [2.05, 4.69) is 4.98 Å². The van der Waals surface area contributed by atoms with Crippen LogP contribution < -0.4 is 23.3 Å². The number of hydrogen-bond donors (Lipinski definition) is 3. The van der Waals surface area contributed by atoms with Crippen LogP contribution in [0.3, 0.4) is 0 Å². The molecule has 3 atom stereocenters. The highest BCUT2D eigenvalue weighted by molar-refractivity contribution is 7.93. The van der Waals surface area contributed by atoms with Crippen molar-refractivity contribution in [3.63, 3.8) is 0 Å². The number of amides is 2. The van der Waals surface area contributed by atoms with Gasteiger partial charge in [0.1, 0.15) is 22.1 Å². The molecule has 0 spiro atoms. The van der Waals surface area contributed by atoms with Gasteiger partial charge in [0.2, 0.25) is 11.8 Å². The Kier molecular flexibility index (Phi) is 11.8. The number of hydrogen-bond acceptors (Lipinski definition) is 13. The number of methoxy groups -OCH3 is 4. The van der Waals surface area contributed by atoms with E-state index in [0.717, 1.165) is 0 Å². The van der Waals surface area contributed by atoms with Crippen LogP contribution >= 0.6 is 0 Å². The number of ether oxygens (including phenoxy) is 4. The molecule has 18 heteroatoms. The largest absolute Gasteiger partial charge is 0.497 e. The summed E-state index contributed by atoms with van der Waals surface area (Å²) in [5.41, 5.74) is -1.58. The molecule has 2 aromatic carbocycles. The summed E-state index contributed by atoms with van der Waals surface area (Å²) in [5, 5.41) is 26.6. The molecule has 3 heterocycles. The first-order valence-corrected chi connectivity index (χ1v) is 16.8. The van der Waals surface area contributed by atoms with E-state index >= 15 is 4.79 Å². The molecule has 17 nitrogen and oxygen atoms in total. The molecule has 2 aliphatic heterocycles. The summed E-state index contributed by atoms with van der Waals surface area (Å²) in [6.07, 6.45) is 1.59. The first-order valence-electron chi connectivity index (χ1n) is 15.4. The molecule has 52 heavy (non-hydrogen) atoms. The normalized spacial score (nSPS) is 19.8. The minimum atomic E-state index is -4.67. The van der Waals surface area contributed by atoms with Gasteiger partial charge in [-0.3, -0.25) is 14.5 Å².